The summed E-state index contributed by atoms with van der Waals surface area (Å²) in [5, 5.41) is 10.3. The first-order valence-corrected chi connectivity index (χ1v) is 5.47. The van der Waals surface area contributed by atoms with Crippen LogP contribution < -0.4 is 0 Å². The van der Waals surface area contributed by atoms with Crippen molar-refractivity contribution in [3.8, 4) is 0 Å². The van der Waals surface area contributed by atoms with Gasteiger partial charge in [0.05, 0.1) is 5.60 Å². The quantitative estimate of drug-likeness (QED) is 0.676. The van der Waals surface area contributed by atoms with Crippen molar-refractivity contribution in [3.63, 3.8) is 0 Å². The Bertz CT molecular complexity index is 260. The Balaban J connectivity index is 1.92. The number of ether oxygens (including phenoxy) is 1. The lowest BCUT2D eigenvalue weighted by molar-refractivity contribution is -0.211. The third-order valence-electron chi connectivity index (χ3n) is 4.27. The molecule has 0 heterocycles. The van der Waals surface area contributed by atoms with Gasteiger partial charge in [-0.25, -0.2) is 0 Å². The van der Waals surface area contributed by atoms with Crippen LogP contribution in [0.4, 0.5) is 0 Å². The van der Waals surface area contributed by atoms with Gasteiger partial charge < -0.3 is 9.84 Å². The first kappa shape index (κ1) is 8.72. The molecule has 2 atom stereocenters. The molecule has 2 unspecified atom stereocenters. The molecular weight excluding hydrogens is 180 g/mol. The van der Waals surface area contributed by atoms with Gasteiger partial charge in [0.2, 0.25) is 0 Å². The van der Waals surface area contributed by atoms with Crippen LogP contribution in [0.1, 0.15) is 38.5 Å². The second-order valence-corrected chi connectivity index (χ2v) is 5.58. The van der Waals surface area contributed by atoms with E-state index in [2.05, 4.69) is 0 Å². The van der Waals surface area contributed by atoms with Gasteiger partial charge in [-0.1, -0.05) is 0 Å². The molecule has 4 aliphatic rings. The molecule has 0 aromatic carbocycles. The van der Waals surface area contributed by atoms with Crippen LogP contribution in [0.25, 0.3) is 0 Å². The van der Waals surface area contributed by atoms with Gasteiger partial charge in [-0.15, -0.1) is 0 Å². The summed E-state index contributed by atoms with van der Waals surface area (Å²) in [6, 6.07) is 0. The topological polar surface area (TPSA) is 46.5 Å². The van der Waals surface area contributed by atoms with Crippen molar-refractivity contribution in [1.82, 2.24) is 0 Å². The van der Waals surface area contributed by atoms with Gasteiger partial charge in [0, 0.05) is 6.42 Å². The van der Waals surface area contributed by atoms with E-state index in [1.54, 1.807) is 0 Å². The molecule has 3 nitrogen and oxygen atoms in total. The van der Waals surface area contributed by atoms with Crippen LogP contribution in [0.3, 0.4) is 0 Å². The van der Waals surface area contributed by atoms with Crippen LogP contribution in [0.15, 0.2) is 0 Å². The van der Waals surface area contributed by atoms with E-state index in [-0.39, 0.29) is 5.60 Å². The number of carbonyl (C=O) groups excluding carboxylic acids is 1. The molecule has 0 saturated heterocycles. The van der Waals surface area contributed by atoms with Gasteiger partial charge in [-0.05, 0) is 43.9 Å². The minimum atomic E-state index is -0.521. The van der Waals surface area contributed by atoms with Crippen molar-refractivity contribution in [1.29, 1.82) is 0 Å². The molecule has 1 N–H and O–H groups in total. The van der Waals surface area contributed by atoms with Crippen molar-refractivity contribution < 1.29 is 14.6 Å². The highest BCUT2D eigenvalue weighted by Gasteiger charge is 2.58. The Hall–Kier alpha value is -0.570. The molecule has 0 aromatic heterocycles. The van der Waals surface area contributed by atoms with Crippen molar-refractivity contribution in [2.45, 2.75) is 49.7 Å². The Labute approximate surface area is 83.4 Å². The van der Waals surface area contributed by atoms with E-state index in [4.69, 9.17) is 4.74 Å². The predicted molar refractivity (Wildman–Crippen MR) is 49.5 cm³/mol. The van der Waals surface area contributed by atoms with Gasteiger partial charge in [0.15, 0.2) is 0 Å². The summed E-state index contributed by atoms with van der Waals surface area (Å²) in [6.45, 7) is 0.566. The third-order valence-corrected chi connectivity index (χ3v) is 4.27. The maximum Gasteiger partial charge on any atom is 0.293 e. The van der Waals surface area contributed by atoms with Gasteiger partial charge >= 0.3 is 0 Å². The smallest absolute Gasteiger partial charge is 0.293 e. The van der Waals surface area contributed by atoms with Crippen molar-refractivity contribution >= 4 is 6.47 Å². The number of aliphatic hydroxyl groups is 1. The molecule has 78 valence electrons. The van der Waals surface area contributed by atoms with E-state index in [9.17, 15) is 9.90 Å². The lowest BCUT2D eigenvalue weighted by Gasteiger charge is -2.58. The first-order chi connectivity index (χ1) is 6.63. The molecule has 4 fully saturated rings. The fraction of sp³-hybridized carbons (Fsp3) is 0.909. The lowest BCUT2D eigenvalue weighted by Crippen LogP contribution is -2.59. The number of hydrogen-bond acceptors (Lipinski definition) is 3. The van der Waals surface area contributed by atoms with Crippen LogP contribution in [0, 0.1) is 11.8 Å². The van der Waals surface area contributed by atoms with E-state index >= 15 is 0 Å². The van der Waals surface area contributed by atoms with Gasteiger partial charge in [-0.3, -0.25) is 4.79 Å². The van der Waals surface area contributed by atoms with E-state index in [1.807, 2.05) is 0 Å². The summed E-state index contributed by atoms with van der Waals surface area (Å²) in [5.41, 5.74) is -0.826. The van der Waals surface area contributed by atoms with Crippen LogP contribution >= 0.6 is 0 Å². The number of rotatable bonds is 2. The van der Waals surface area contributed by atoms with Gasteiger partial charge in [0.25, 0.3) is 6.47 Å². The largest absolute Gasteiger partial charge is 0.461 e. The lowest BCUT2D eigenvalue weighted by atomic mass is 9.52. The third kappa shape index (κ3) is 1.11. The standard InChI is InChI=1S/C11H16O3/c12-7-14-11-4-8-1-9(5-11)3-10(13,2-8)6-11/h7-9,13H,1-6H2. The van der Waals surface area contributed by atoms with Crippen LogP contribution in [-0.2, 0) is 9.53 Å². The second kappa shape index (κ2) is 2.51. The van der Waals surface area contributed by atoms with E-state index < -0.39 is 5.60 Å². The summed E-state index contributed by atoms with van der Waals surface area (Å²) in [4.78, 5) is 10.5. The molecule has 4 saturated carbocycles. The fourth-order valence-electron chi connectivity index (χ4n) is 4.37. The van der Waals surface area contributed by atoms with Crippen LogP contribution in [0.2, 0.25) is 0 Å². The molecule has 3 heteroatoms. The number of hydrogen-bond donors (Lipinski definition) is 1. The van der Waals surface area contributed by atoms with Crippen molar-refractivity contribution in [2.75, 3.05) is 0 Å². The molecule has 0 aromatic rings. The minimum Gasteiger partial charge on any atom is -0.461 e. The molecule has 0 aliphatic heterocycles. The maximum absolute atomic E-state index is 10.5. The Kier molecular flexibility index (Phi) is 1.56. The Morgan fingerprint density at radius 2 is 1.86 bits per heavy atom. The van der Waals surface area contributed by atoms with Gasteiger partial charge in [-0.2, -0.15) is 0 Å². The monoisotopic (exact) mass is 196 g/mol. The summed E-state index contributed by atoms with van der Waals surface area (Å²) >= 11 is 0. The first-order valence-electron chi connectivity index (χ1n) is 5.47. The molecule has 0 spiro atoms. The van der Waals surface area contributed by atoms with E-state index in [1.165, 1.54) is 6.42 Å². The summed E-state index contributed by atoms with van der Waals surface area (Å²) in [5.74, 6) is 1.17. The molecular formula is C11H16O3. The summed E-state index contributed by atoms with van der Waals surface area (Å²) in [6.07, 6.45) is 5.70. The average Bonchev–Trinajstić information content (AvgIpc) is 1.97. The second-order valence-electron chi connectivity index (χ2n) is 5.58. The SMILES string of the molecule is O=COC12CC3CC(CC(O)(C3)C1)C2. The summed E-state index contributed by atoms with van der Waals surface area (Å²) in [7, 11) is 0. The zero-order chi connectivity index (χ0) is 9.81. The molecule has 14 heavy (non-hydrogen) atoms. The van der Waals surface area contributed by atoms with E-state index in [0.29, 0.717) is 24.7 Å². The van der Waals surface area contributed by atoms with Crippen molar-refractivity contribution in [3.05, 3.63) is 0 Å². The van der Waals surface area contributed by atoms with E-state index in [0.717, 1.165) is 25.7 Å². The zero-order valence-electron chi connectivity index (χ0n) is 8.24. The highest BCUT2D eigenvalue weighted by atomic mass is 16.5. The average molecular weight is 196 g/mol. The number of carbonyl (C=O) groups is 1. The highest BCUT2D eigenvalue weighted by Crippen LogP contribution is 2.58. The van der Waals surface area contributed by atoms with Gasteiger partial charge in [0.1, 0.15) is 5.60 Å². The minimum absolute atomic E-state index is 0.305. The Morgan fingerprint density at radius 1 is 1.21 bits per heavy atom. The highest BCUT2D eigenvalue weighted by molar-refractivity contribution is 5.39. The molecule has 4 bridgehead atoms. The molecule has 0 radical (unpaired) electrons. The van der Waals surface area contributed by atoms with Crippen LogP contribution in [-0.4, -0.2) is 22.8 Å². The maximum atomic E-state index is 10.5. The fourth-order valence-corrected chi connectivity index (χ4v) is 4.37. The predicted octanol–water partition coefficient (Wildman–Crippen LogP) is 1.24. The van der Waals surface area contributed by atoms with Crippen LogP contribution in [0.5, 0.6) is 0 Å². The summed E-state index contributed by atoms with van der Waals surface area (Å²) < 4.78 is 5.27. The molecule has 4 rings (SSSR count). The van der Waals surface area contributed by atoms with Crippen molar-refractivity contribution in [2.24, 2.45) is 11.8 Å². The molecule has 0 amide bonds. The zero-order valence-corrected chi connectivity index (χ0v) is 8.24. The normalized spacial score (nSPS) is 54.6. The molecule has 4 aliphatic carbocycles. The Morgan fingerprint density at radius 3 is 2.36 bits per heavy atom.